The molecular weight excluding hydrogens is 307 g/mol. The van der Waals surface area contributed by atoms with Crippen molar-refractivity contribution in [2.45, 2.75) is 25.5 Å². The number of carbonyl (C=O) groups is 1. The summed E-state index contributed by atoms with van der Waals surface area (Å²) < 4.78 is 18.3. The van der Waals surface area contributed by atoms with Crippen molar-refractivity contribution in [3.63, 3.8) is 0 Å². The maximum Gasteiger partial charge on any atom is 0.322 e. The third-order valence-corrected chi connectivity index (χ3v) is 4.33. The molecule has 126 valence electrons. The van der Waals surface area contributed by atoms with Gasteiger partial charge in [0, 0.05) is 24.9 Å². The summed E-state index contributed by atoms with van der Waals surface area (Å²) >= 11 is 0. The molecule has 1 N–H and O–H groups in total. The number of ether oxygens (including phenoxy) is 1. The highest BCUT2D eigenvalue weighted by atomic mass is 19.1. The first kappa shape index (κ1) is 16.5. The van der Waals surface area contributed by atoms with Gasteiger partial charge in [0.05, 0.1) is 12.6 Å². The van der Waals surface area contributed by atoms with E-state index in [1.165, 1.54) is 12.1 Å². The van der Waals surface area contributed by atoms with Crippen LogP contribution in [0, 0.1) is 5.82 Å². The molecule has 2 amide bonds. The van der Waals surface area contributed by atoms with Crippen molar-refractivity contribution < 1.29 is 13.9 Å². The summed E-state index contributed by atoms with van der Waals surface area (Å²) in [5.74, 6) is -0.263. The lowest BCUT2D eigenvalue weighted by Crippen LogP contribution is -2.34. The molecular formula is C19H21FN2O2. The van der Waals surface area contributed by atoms with Crippen molar-refractivity contribution in [3.05, 3.63) is 65.5 Å². The van der Waals surface area contributed by atoms with Crippen LogP contribution in [0.15, 0.2) is 48.5 Å². The second kappa shape index (κ2) is 7.45. The summed E-state index contributed by atoms with van der Waals surface area (Å²) in [7, 11) is 1.63. The summed E-state index contributed by atoms with van der Waals surface area (Å²) in [6, 6.07) is 13.8. The van der Waals surface area contributed by atoms with Gasteiger partial charge in [-0.2, -0.15) is 0 Å². The van der Waals surface area contributed by atoms with Gasteiger partial charge in [0.25, 0.3) is 0 Å². The van der Waals surface area contributed by atoms with Crippen LogP contribution in [0.2, 0.25) is 0 Å². The lowest BCUT2D eigenvalue weighted by molar-refractivity contribution is 0.185. The number of urea groups is 1. The zero-order chi connectivity index (χ0) is 16.9. The minimum absolute atomic E-state index is 0.0137. The highest BCUT2D eigenvalue weighted by Crippen LogP contribution is 2.32. The number of hydrogen-bond acceptors (Lipinski definition) is 2. The van der Waals surface area contributed by atoms with E-state index < -0.39 is 0 Å². The topological polar surface area (TPSA) is 41.6 Å². The van der Waals surface area contributed by atoms with E-state index in [2.05, 4.69) is 5.32 Å². The average molecular weight is 328 g/mol. The lowest BCUT2D eigenvalue weighted by atomic mass is 10.0. The van der Waals surface area contributed by atoms with Gasteiger partial charge in [-0.1, -0.05) is 30.3 Å². The molecule has 0 radical (unpaired) electrons. The van der Waals surface area contributed by atoms with E-state index in [1.54, 1.807) is 19.2 Å². The zero-order valence-electron chi connectivity index (χ0n) is 13.7. The van der Waals surface area contributed by atoms with E-state index in [4.69, 9.17) is 4.74 Å². The van der Waals surface area contributed by atoms with Crippen LogP contribution in [0.5, 0.6) is 0 Å². The van der Waals surface area contributed by atoms with Crippen molar-refractivity contribution in [1.82, 2.24) is 4.90 Å². The highest BCUT2D eigenvalue weighted by Gasteiger charge is 2.30. The number of nitrogens with zero attached hydrogens (tertiary/aromatic N) is 1. The quantitative estimate of drug-likeness (QED) is 0.907. The van der Waals surface area contributed by atoms with Crippen molar-refractivity contribution in [2.24, 2.45) is 0 Å². The number of methoxy groups -OCH3 is 1. The number of carbonyl (C=O) groups excluding carboxylic acids is 1. The molecule has 1 saturated heterocycles. The van der Waals surface area contributed by atoms with Gasteiger partial charge in [-0.15, -0.1) is 0 Å². The van der Waals surface area contributed by atoms with Crippen molar-refractivity contribution in [2.75, 3.05) is 19.0 Å². The van der Waals surface area contributed by atoms with E-state index in [0.29, 0.717) is 13.2 Å². The Kier molecular flexibility index (Phi) is 5.11. The third kappa shape index (κ3) is 3.57. The minimum atomic E-state index is -0.263. The second-order valence-corrected chi connectivity index (χ2v) is 5.92. The molecule has 2 aromatic carbocycles. The van der Waals surface area contributed by atoms with Crippen LogP contribution in [-0.4, -0.2) is 24.6 Å². The first-order chi connectivity index (χ1) is 11.7. The molecule has 1 aliphatic rings. The number of likely N-dealkylation sites (tertiary alicyclic amines) is 1. The molecule has 0 saturated carbocycles. The van der Waals surface area contributed by atoms with E-state index >= 15 is 0 Å². The molecule has 0 unspecified atom stereocenters. The van der Waals surface area contributed by atoms with Crippen LogP contribution < -0.4 is 5.32 Å². The lowest BCUT2D eigenvalue weighted by Gasteiger charge is -2.26. The Morgan fingerprint density at radius 2 is 2.00 bits per heavy atom. The summed E-state index contributed by atoms with van der Waals surface area (Å²) in [5.41, 5.74) is 2.66. The van der Waals surface area contributed by atoms with Crippen molar-refractivity contribution in [3.8, 4) is 0 Å². The number of para-hydroxylation sites is 1. The van der Waals surface area contributed by atoms with Crippen LogP contribution in [0.4, 0.5) is 14.9 Å². The molecule has 1 heterocycles. The fourth-order valence-corrected chi connectivity index (χ4v) is 3.15. The largest absolute Gasteiger partial charge is 0.380 e. The number of nitrogens with one attached hydrogen (secondary N) is 1. The Bertz CT molecular complexity index is 703. The summed E-state index contributed by atoms with van der Waals surface area (Å²) in [5, 5.41) is 2.98. The van der Waals surface area contributed by atoms with Crippen LogP contribution in [-0.2, 0) is 11.3 Å². The number of hydrogen-bond donors (Lipinski definition) is 1. The highest BCUT2D eigenvalue weighted by molar-refractivity contribution is 5.90. The molecule has 1 aliphatic heterocycles. The molecule has 5 heteroatoms. The Hall–Kier alpha value is -2.40. The number of halogens is 1. The Morgan fingerprint density at radius 3 is 2.75 bits per heavy atom. The third-order valence-electron chi connectivity index (χ3n) is 4.33. The first-order valence-corrected chi connectivity index (χ1v) is 8.09. The monoisotopic (exact) mass is 328 g/mol. The maximum absolute atomic E-state index is 13.1. The standard InChI is InChI=1S/C19H21FN2O2/c1-24-13-15-5-2-3-6-17(15)21-19(23)22-12-4-7-18(22)14-8-10-16(20)11-9-14/h2-3,5-6,8-11,18H,4,7,12-13H2,1H3,(H,21,23)/t18-/m0/s1. The van der Waals surface area contributed by atoms with Crippen LogP contribution in [0.1, 0.15) is 30.0 Å². The predicted molar refractivity (Wildman–Crippen MR) is 91.3 cm³/mol. The maximum atomic E-state index is 13.1. The first-order valence-electron chi connectivity index (χ1n) is 8.09. The molecule has 3 rings (SSSR count). The average Bonchev–Trinajstić information content (AvgIpc) is 3.07. The van der Waals surface area contributed by atoms with Crippen molar-refractivity contribution >= 4 is 11.7 Å². The second-order valence-electron chi connectivity index (χ2n) is 5.92. The van der Waals surface area contributed by atoms with Gasteiger partial charge in [-0.25, -0.2) is 9.18 Å². The normalized spacial score (nSPS) is 17.1. The molecule has 0 spiro atoms. The van der Waals surface area contributed by atoms with Gasteiger partial charge in [0.15, 0.2) is 0 Å². The van der Waals surface area contributed by atoms with Gasteiger partial charge in [0.1, 0.15) is 5.82 Å². The van der Waals surface area contributed by atoms with Crippen molar-refractivity contribution in [1.29, 1.82) is 0 Å². The van der Waals surface area contributed by atoms with Crippen LogP contribution in [0.3, 0.4) is 0 Å². The Labute approximate surface area is 141 Å². The van der Waals surface area contributed by atoms with Gasteiger partial charge < -0.3 is 15.0 Å². The fourth-order valence-electron chi connectivity index (χ4n) is 3.15. The van der Waals surface area contributed by atoms with E-state index in [-0.39, 0.29) is 17.9 Å². The van der Waals surface area contributed by atoms with Crippen LogP contribution >= 0.6 is 0 Å². The van der Waals surface area contributed by atoms with E-state index in [0.717, 1.165) is 29.7 Å². The summed E-state index contributed by atoms with van der Waals surface area (Å²) in [6.45, 7) is 1.14. The van der Waals surface area contributed by atoms with Gasteiger partial charge in [-0.05, 0) is 36.6 Å². The Morgan fingerprint density at radius 1 is 1.25 bits per heavy atom. The molecule has 1 fully saturated rings. The molecule has 2 aromatic rings. The Balaban J connectivity index is 1.75. The van der Waals surface area contributed by atoms with E-state index in [1.807, 2.05) is 29.2 Å². The fraction of sp³-hybridized carbons (Fsp3) is 0.316. The van der Waals surface area contributed by atoms with Gasteiger partial charge >= 0.3 is 6.03 Å². The van der Waals surface area contributed by atoms with Gasteiger partial charge in [-0.3, -0.25) is 0 Å². The smallest absolute Gasteiger partial charge is 0.322 e. The molecule has 24 heavy (non-hydrogen) atoms. The number of amides is 2. The molecule has 1 atom stereocenters. The number of anilines is 1. The van der Waals surface area contributed by atoms with Crippen LogP contribution in [0.25, 0.3) is 0 Å². The zero-order valence-corrected chi connectivity index (χ0v) is 13.7. The van der Waals surface area contributed by atoms with Gasteiger partial charge in [0.2, 0.25) is 0 Å². The summed E-state index contributed by atoms with van der Waals surface area (Å²) in [4.78, 5) is 14.5. The predicted octanol–water partition coefficient (Wildman–Crippen LogP) is 4.34. The van der Waals surface area contributed by atoms with E-state index in [9.17, 15) is 9.18 Å². The molecule has 0 aliphatic carbocycles. The molecule has 4 nitrogen and oxygen atoms in total. The number of benzene rings is 2. The molecule has 0 bridgehead atoms. The summed E-state index contributed by atoms with van der Waals surface area (Å²) in [6.07, 6.45) is 1.83. The SMILES string of the molecule is COCc1ccccc1NC(=O)N1CCC[C@H]1c1ccc(F)cc1. The molecule has 0 aromatic heterocycles. The number of rotatable bonds is 4. The minimum Gasteiger partial charge on any atom is -0.380 e.